The summed E-state index contributed by atoms with van der Waals surface area (Å²) in [6.07, 6.45) is -4.33. The van der Waals surface area contributed by atoms with Crippen molar-refractivity contribution < 1.29 is 13.2 Å². The van der Waals surface area contributed by atoms with Gasteiger partial charge in [-0.15, -0.1) is 35.3 Å². The number of rotatable bonds is 4. The molecule has 0 radical (unpaired) electrons. The van der Waals surface area contributed by atoms with Gasteiger partial charge in [-0.3, -0.25) is 4.99 Å². The Labute approximate surface area is 184 Å². The molecule has 1 aromatic heterocycles. The van der Waals surface area contributed by atoms with Gasteiger partial charge in [-0.1, -0.05) is 25.7 Å². The summed E-state index contributed by atoms with van der Waals surface area (Å²) in [5, 5.41) is 9.21. The molecule has 1 heterocycles. The Morgan fingerprint density at radius 2 is 1.89 bits per heavy atom. The summed E-state index contributed by atoms with van der Waals surface area (Å²) in [5.74, 6) is 6.66. The van der Waals surface area contributed by atoms with Crippen molar-refractivity contribution >= 4 is 41.3 Å². The number of aromatic nitrogens is 1. The topological polar surface area (TPSA) is 49.3 Å². The van der Waals surface area contributed by atoms with Crippen LogP contribution in [0.3, 0.4) is 0 Å². The molecule has 0 aliphatic carbocycles. The molecule has 28 heavy (non-hydrogen) atoms. The molecule has 0 saturated heterocycles. The highest BCUT2D eigenvalue weighted by Gasteiger charge is 2.29. The summed E-state index contributed by atoms with van der Waals surface area (Å²) in [4.78, 5) is 8.65. The molecule has 0 unspecified atom stereocenters. The molecular formula is C19H22F3IN4S. The third-order valence-corrected chi connectivity index (χ3v) is 4.45. The van der Waals surface area contributed by atoms with Crippen molar-refractivity contribution in [3.63, 3.8) is 0 Å². The van der Waals surface area contributed by atoms with Crippen LogP contribution in [0, 0.1) is 11.8 Å². The molecule has 0 spiro atoms. The van der Waals surface area contributed by atoms with Crippen LogP contribution in [0.1, 0.15) is 41.6 Å². The van der Waals surface area contributed by atoms with E-state index in [2.05, 4.69) is 46.3 Å². The number of halogens is 4. The van der Waals surface area contributed by atoms with E-state index in [1.807, 2.05) is 5.38 Å². The summed E-state index contributed by atoms with van der Waals surface area (Å²) in [7, 11) is 1.65. The summed E-state index contributed by atoms with van der Waals surface area (Å²) in [6, 6.07) is 4.77. The first kappa shape index (κ1) is 24.2. The van der Waals surface area contributed by atoms with Crippen molar-refractivity contribution in [1.82, 2.24) is 15.6 Å². The van der Waals surface area contributed by atoms with E-state index < -0.39 is 11.7 Å². The van der Waals surface area contributed by atoms with Crippen molar-refractivity contribution in [2.24, 2.45) is 4.99 Å². The fourth-order valence-electron chi connectivity index (χ4n) is 2.07. The summed E-state index contributed by atoms with van der Waals surface area (Å²) >= 11 is 1.59. The van der Waals surface area contributed by atoms with E-state index in [9.17, 15) is 13.2 Å². The minimum atomic E-state index is -4.33. The predicted octanol–water partition coefficient (Wildman–Crippen LogP) is 4.62. The highest BCUT2D eigenvalue weighted by molar-refractivity contribution is 14.0. The zero-order valence-electron chi connectivity index (χ0n) is 15.7. The van der Waals surface area contributed by atoms with E-state index in [4.69, 9.17) is 0 Å². The lowest BCUT2D eigenvalue weighted by Gasteiger charge is -2.08. The quantitative estimate of drug-likeness (QED) is 0.267. The molecule has 0 aliphatic heterocycles. The van der Waals surface area contributed by atoms with Crippen molar-refractivity contribution in [1.29, 1.82) is 0 Å². The van der Waals surface area contributed by atoms with Gasteiger partial charge in [-0.25, -0.2) is 4.98 Å². The van der Waals surface area contributed by atoms with Gasteiger partial charge in [-0.2, -0.15) is 13.2 Å². The largest absolute Gasteiger partial charge is 0.416 e. The average Bonchev–Trinajstić information content (AvgIpc) is 3.10. The Balaban J connectivity index is 0.00000392. The maximum absolute atomic E-state index is 12.5. The summed E-state index contributed by atoms with van der Waals surface area (Å²) in [6.45, 7) is 5.07. The van der Waals surface area contributed by atoms with Gasteiger partial charge in [0.1, 0.15) is 5.01 Å². The number of aliphatic imine (C=N–C) groups is 1. The molecule has 0 fully saturated rings. The monoisotopic (exact) mass is 522 g/mol. The SMILES string of the molecule is CN=C(NCC#Cc1ccc(C(F)(F)F)cc1)NCc1nc(C(C)C)cs1.I. The molecule has 4 nitrogen and oxygen atoms in total. The van der Waals surface area contributed by atoms with Crippen LogP contribution in [-0.2, 0) is 12.7 Å². The van der Waals surface area contributed by atoms with E-state index >= 15 is 0 Å². The highest BCUT2D eigenvalue weighted by atomic mass is 127. The second kappa shape index (κ2) is 11.3. The molecule has 1 aromatic carbocycles. The maximum Gasteiger partial charge on any atom is 0.416 e. The lowest BCUT2D eigenvalue weighted by molar-refractivity contribution is -0.137. The van der Waals surface area contributed by atoms with Crippen molar-refractivity contribution in [2.75, 3.05) is 13.6 Å². The standard InChI is InChI=1S/C19H21F3N4S.HI/c1-13(2)16-12-27-17(26-16)11-25-18(23-3)24-10-4-5-14-6-8-15(9-7-14)19(20,21)22;/h6-9,12-13H,10-11H2,1-3H3,(H2,23,24,25);1H. The smallest absolute Gasteiger partial charge is 0.350 e. The van der Waals surface area contributed by atoms with Gasteiger partial charge >= 0.3 is 6.18 Å². The Bertz CT molecular complexity index is 833. The second-order valence-electron chi connectivity index (χ2n) is 5.98. The van der Waals surface area contributed by atoms with E-state index in [0.29, 0.717) is 30.5 Å². The van der Waals surface area contributed by atoms with Gasteiger partial charge in [0.05, 0.1) is 24.3 Å². The minimum Gasteiger partial charge on any atom is -0.350 e. The molecule has 2 rings (SSSR count). The molecule has 0 atom stereocenters. The number of hydrogen-bond donors (Lipinski definition) is 2. The van der Waals surface area contributed by atoms with Gasteiger partial charge in [-0.05, 0) is 30.2 Å². The number of benzene rings is 1. The van der Waals surface area contributed by atoms with Crippen LogP contribution in [0.2, 0.25) is 0 Å². The van der Waals surface area contributed by atoms with Crippen molar-refractivity contribution in [2.45, 2.75) is 32.5 Å². The van der Waals surface area contributed by atoms with Crippen LogP contribution in [0.25, 0.3) is 0 Å². The van der Waals surface area contributed by atoms with Crippen molar-refractivity contribution in [3.05, 3.63) is 51.5 Å². The molecule has 0 bridgehead atoms. The number of thiazole rings is 1. The summed E-state index contributed by atoms with van der Waals surface area (Å²) in [5.41, 5.74) is 0.914. The number of hydrogen-bond acceptors (Lipinski definition) is 3. The van der Waals surface area contributed by atoms with Crippen LogP contribution in [-0.4, -0.2) is 24.5 Å². The Morgan fingerprint density at radius 1 is 1.21 bits per heavy atom. The fourth-order valence-corrected chi connectivity index (χ4v) is 2.96. The van der Waals surface area contributed by atoms with Gasteiger partial charge in [0.2, 0.25) is 0 Å². The molecular weight excluding hydrogens is 500 g/mol. The molecule has 2 N–H and O–H groups in total. The van der Waals surface area contributed by atoms with E-state index in [-0.39, 0.29) is 24.0 Å². The van der Waals surface area contributed by atoms with Gasteiger partial charge < -0.3 is 10.6 Å². The maximum atomic E-state index is 12.5. The number of nitrogens with one attached hydrogen (secondary N) is 2. The minimum absolute atomic E-state index is 0. The lowest BCUT2D eigenvalue weighted by atomic mass is 10.1. The highest BCUT2D eigenvalue weighted by Crippen LogP contribution is 2.28. The Kier molecular flexibility index (Phi) is 9.75. The first-order valence-corrected chi connectivity index (χ1v) is 9.22. The van der Waals surface area contributed by atoms with Crippen LogP contribution in [0.4, 0.5) is 13.2 Å². The lowest BCUT2D eigenvalue weighted by Crippen LogP contribution is -2.36. The molecule has 0 amide bonds. The normalized spacial score (nSPS) is 11.5. The number of alkyl halides is 3. The second-order valence-corrected chi connectivity index (χ2v) is 6.92. The van der Waals surface area contributed by atoms with Gasteiger partial charge in [0, 0.05) is 18.0 Å². The third-order valence-electron chi connectivity index (χ3n) is 3.58. The van der Waals surface area contributed by atoms with Crippen LogP contribution in [0.5, 0.6) is 0 Å². The first-order chi connectivity index (χ1) is 12.8. The fraction of sp³-hybridized carbons (Fsp3) is 0.368. The number of guanidine groups is 1. The number of nitrogens with zero attached hydrogens (tertiary/aromatic N) is 2. The molecule has 152 valence electrons. The Morgan fingerprint density at radius 3 is 2.43 bits per heavy atom. The van der Waals surface area contributed by atoms with E-state index in [0.717, 1.165) is 22.8 Å². The predicted molar refractivity (Wildman–Crippen MR) is 118 cm³/mol. The molecule has 0 saturated carbocycles. The molecule has 2 aromatic rings. The third kappa shape index (κ3) is 7.67. The van der Waals surface area contributed by atoms with Crippen LogP contribution in [0.15, 0.2) is 34.6 Å². The molecule has 9 heteroatoms. The van der Waals surface area contributed by atoms with Gasteiger partial charge in [0.25, 0.3) is 0 Å². The molecule has 0 aliphatic rings. The van der Waals surface area contributed by atoms with Gasteiger partial charge in [0.15, 0.2) is 5.96 Å². The zero-order chi connectivity index (χ0) is 19.9. The van der Waals surface area contributed by atoms with Crippen LogP contribution >= 0.6 is 35.3 Å². The first-order valence-electron chi connectivity index (χ1n) is 8.34. The van der Waals surface area contributed by atoms with Crippen molar-refractivity contribution in [3.8, 4) is 11.8 Å². The zero-order valence-corrected chi connectivity index (χ0v) is 18.9. The van der Waals surface area contributed by atoms with E-state index in [1.165, 1.54) is 12.1 Å². The Hall–Kier alpha value is -1.80. The van der Waals surface area contributed by atoms with Crippen LogP contribution < -0.4 is 10.6 Å². The summed E-state index contributed by atoms with van der Waals surface area (Å²) < 4.78 is 37.6. The average molecular weight is 522 g/mol. The van der Waals surface area contributed by atoms with E-state index in [1.54, 1.807) is 18.4 Å².